The predicted octanol–water partition coefficient (Wildman–Crippen LogP) is 1.42. The Hall–Kier alpha value is -1.04. The summed E-state index contributed by atoms with van der Waals surface area (Å²) in [6, 6.07) is 0. The van der Waals surface area contributed by atoms with E-state index >= 15 is 0 Å². The summed E-state index contributed by atoms with van der Waals surface area (Å²) in [5.41, 5.74) is 0. The Morgan fingerprint density at radius 1 is 1.28 bits per heavy atom. The molecule has 0 aliphatic heterocycles. The molecular formula is C12H19NO4S. The van der Waals surface area contributed by atoms with Gasteiger partial charge in [0, 0.05) is 5.92 Å². The van der Waals surface area contributed by atoms with Crippen LogP contribution < -0.4 is 5.32 Å². The number of carboxylic acid groups (broad SMARTS) is 1. The molecular weight excluding hydrogens is 254 g/mol. The van der Waals surface area contributed by atoms with Crippen LogP contribution in [0.3, 0.4) is 0 Å². The molecule has 1 aliphatic rings. The Labute approximate surface area is 111 Å². The van der Waals surface area contributed by atoms with Crippen LogP contribution >= 0.6 is 11.8 Å². The third-order valence-corrected chi connectivity index (χ3v) is 4.15. The Morgan fingerprint density at radius 2 is 1.89 bits per heavy atom. The molecule has 1 rings (SSSR count). The highest BCUT2D eigenvalue weighted by Gasteiger charge is 2.25. The number of hydrogen-bond acceptors (Lipinski definition) is 4. The summed E-state index contributed by atoms with van der Waals surface area (Å²) in [7, 11) is 0. The van der Waals surface area contributed by atoms with E-state index in [9.17, 15) is 14.4 Å². The number of carbonyl (C=O) groups excluding carboxylic acids is 2. The molecule has 1 saturated carbocycles. The van der Waals surface area contributed by atoms with Crippen LogP contribution in [-0.2, 0) is 14.4 Å². The highest BCUT2D eigenvalue weighted by atomic mass is 32.2. The number of nitrogens with one attached hydrogen (secondary N) is 1. The summed E-state index contributed by atoms with van der Waals surface area (Å²) in [5, 5.41) is 10.3. The van der Waals surface area contributed by atoms with Crippen molar-refractivity contribution in [2.24, 2.45) is 5.92 Å². The van der Waals surface area contributed by atoms with Crippen molar-refractivity contribution in [2.45, 2.75) is 44.3 Å². The van der Waals surface area contributed by atoms with Crippen molar-refractivity contribution in [3.63, 3.8) is 0 Å². The fourth-order valence-corrected chi connectivity index (χ4v) is 2.94. The smallest absolute Gasteiger partial charge is 0.322 e. The molecule has 0 bridgehead atoms. The van der Waals surface area contributed by atoms with Crippen molar-refractivity contribution in [2.75, 3.05) is 6.54 Å². The van der Waals surface area contributed by atoms with Gasteiger partial charge in [0.25, 0.3) is 0 Å². The number of aliphatic carboxylic acids is 1. The number of hydrogen-bond donors (Lipinski definition) is 2. The van der Waals surface area contributed by atoms with Crippen molar-refractivity contribution in [1.29, 1.82) is 0 Å². The van der Waals surface area contributed by atoms with E-state index in [1.165, 1.54) is 6.42 Å². The molecule has 0 aromatic rings. The van der Waals surface area contributed by atoms with Crippen LogP contribution in [0, 0.1) is 5.92 Å². The SMILES string of the molecule is CC(SC(=O)C1CCCCC1)C(=O)NCC(=O)O. The maximum Gasteiger partial charge on any atom is 0.322 e. The van der Waals surface area contributed by atoms with Crippen LogP contribution in [0.2, 0.25) is 0 Å². The first-order valence-electron chi connectivity index (χ1n) is 6.20. The van der Waals surface area contributed by atoms with Gasteiger partial charge in [0.1, 0.15) is 6.54 Å². The van der Waals surface area contributed by atoms with E-state index in [2.05, 4.69) is 5.32 Å². The molecule has 5 nitrogen and oxygen atoms in total. The molecule has 0 radical (unpaired) electrons. The molecule has 0 spiro atoms. The molecule has 2 N–H and O–H groups in total. The van der Waals surface area contributed by atoms with Gasteiger partial charge in [-0.05, 0) is 19.8 Å². The number of amides is 1. The molecule has 6 heteroatoms. The van der Waals surface area contributed by atoms with E-state index in [1.54, 1.807) is 6.92 Å². The Bertz CT molecular complexity index is 326. The zero-order valence-electron chi connectivity index (χ0n) is 10.5. The summed E-state index contributed by atoms with van der Waals surface area (Å²) in [6.45, 7) is 1.23. The van der Waals surface area contributed by atoms with E-state index in [0.717, 1.165) is 37.4 Å². The lowest BCUT2D eigenvalue weighted by Crippen LogP contribution is -2.35. The third kappa shape index (κ3) is 5.08. The third-order valence-electron chi connectivity index (χ3n) is 3.01. The summed E-state index contributed by atoms with van der Waals surface area (Å²) < 4.78 is 0. The van der Waals surface area contributed by atoms with Crippen LogP contribution in [0.1, 0.15) is 39.0 Å². The second-order valence-corrected chi connectivity index (χ2v) is 5.87. The molecule has 0 saturated heterocycles. The zero-order valence-corrected chi connectivity index (χ0v) is 11.3. The first-order valence-corrected chi connectivity index (χ1v) is 7.08. The fraction of sp³-hybridized carbons (Fsp3) is 0.750. The summed E-state index contributed by atoms with van der Waals surface area (Å²) in [4.78, 5) is 33.7. The molecule has 102 valence electrons. The van der Waals surface area contributed by atoms with Crippen LogP contribution in [0.4, 0.5) is 0 Å². The lowest BCUT2D eigenvalue weighted by atomic mass is 9.90. The maximum absolute atomic E-state index is 11.9. The van der Waals surface area contributed by atoms with Crippen molar-refractivity contribution >= 4 is 28.8 Å². The summed E-state index contributed by atoms with van der Waals surface area (Å²) in [5.74, 6) is -1.41. The molecule has 1 atom stereocenters. The summed E-state index contributed by atoms with van der Waals surface area (Å²) >= 11 is 1.02. The van der Waals surface area contributed by atoms with E-state index < -0.39 is 23.7 Å². The predicted molar refractivity (Wildman–Crippen MR) is 69.3 cm³/mol. The molecule has 1 aliphatic carbocycles. The minimum absolute atomic E-state index is 0.0627. The topological polar surface area (TPSA) is 83.5 Å². The first-order chi connectivity index (χ1) is 8.50. The van der Waals surface area contributed by atoms with Gasteiger partial charge < -0.3 is 10.4 Å². The average Bonchev–Trinajstić information content (AvgIpc) is 2.36. The van der Waals surface area contributed by atoms with Gasteiger partial charge in [-0.1, -0.05) is 31.0 Å². The molecule has 0 aromatic heterocycles. The van der Waals surface area contributed by atoms with Crippen LogP contribution in [0.25, 0.3) is 0 Å². The van der Waals surface area contributed by atoms with Gasteiger partial charge in [0.05, 0.1) is 5.25 Å². The monoisotopic (exact) mass is 273 g/mol. The van der Waals surface area contributed by atoms with Crippen molar-refractivity contribution in [1.82, 2.24) is 5.32 Å². The number of carbonyl (C=O) groups is 3. The van der Waals surface area contributed by atoms with Gasteiger partial charge >= 0.3 is 5.97 Å². The lowest BCUT2D eigenvalue weighted by molar-refractivity contribution is -0.137. The Balaban J connectivity index is 2.33. The van der Waals surface area contributed by atoms with Crippen LogP contribution in [-0.4, -0.2) is 33.9 Å². The molecule has 1 amide bonds. The van der Waals surface area contributed by atoms with E-state index in [1.807, 2.05) is 0 Å². The van der Waals surface area contributed by atoms with Crippen LogP contribution in [0.5, 0.6) is 0 Å². The highest BCUT2D eigenvalue weighted by Crippen LogP contribution is 2.29. The van der Waals surface area contributed by atoms with Crippen molar-refractivity contribution in [3.05, 3.63) is 0 Å². The van der Waals surface area contributed by atoms with Gasteiger partial charge in [0.2, 0.25) is 5.91 Å². The average molecular weight is 273 g/mol. The van der Waals surface area contributed by atoms with Gasteiger partial charge in [-0.15, -0.1) is 0 Å². The first kappa shape index (κ1) is 15.0. The van der Waals surface area contributed by atoms with Crippen molar-refractivity contribution in [3.8, 4) is 0 Å². The second kappa shape index (κ2) is 7.41. The molecule has 1 fully saturated rings. The van der Waals surface area contributed by atoms with E-state index in [-0.39, 0.29) is 11.0 Å². The molecule has 0 heterocycles. The lowest BCUT2D eigenvalue weighted by Gasteiger charge is -2.21. The van der Waals surface area contributed by atoms with E-state index in [0.29, 0.717) is 0 Å². The minimum Gasteiger partial charge on any atom is -0.480 e. The van der Waals surface area contributed by atoms with Gasteiger partial charge in [-0.3, -0.25) is 14.4 Å². The molecule has 18 heavy (non-hydrogen) atoms. The zero-order chi connectivity index (χ0) is 13.5. The van der Waals surface area contributed by atoms with E-state index in [4.69, 9.17) is 5.11 Å². The van der Waals surface area contributed by atoms with Gasteiger partial charge in [-0.25, -0.2) is 0 Å². The number of rotatable bonds is 5. The highest BCUT2D eigenvalue weighted by molar-refractivity contribution is 8.14. The number of thioether (sulfide) groups is 1. The van der Waals surface area contributed by atoms with Gasteiger partial charge in [0.15, 0.2) is 5.12 Å². The van der Waals surface area contributed by atoms with Crippen molar-refractivity contribution < 1.29 is 19.5 Å². The Morgan fingerprint density at radius 3 is 2.44 bits per heavy atom. The maximum atomic E-state index is 11.9. The molecule has 1 unspecified atom stereocenters. The largest absolute Gasteiger partial charge is 0.480 e. The minimum atomic E-state index is -1.08. The van der Waals surface area contributed by atoms with Gasteiger partial charge in [-0.2, -0.15) is 0 Å². The number of carboxylic acids is 1. The second-order valence-electron chi connectivity index (χ2n) is 4.53. The fourth-order valence-electron chi connectivity index (χ4n) is 1.97. The summed E-state index contributed by atoms with van der Waals surface area (Å²) in [6.07, 6.45) is 5.17. The Kier molecular flexibility index (Phi) is 6.18. The normalized spacial score (nSPS) is 18.1. The standard InChI is InChI=1S/C12H19NO4S/c1-8(11(16)13-7-10(14)15)18-12(17)9-5-3-2-4-6-9/h8-9H,2-7H2,1H3,(H,13,16)(H,14,15). The van der Waals surface area contributed by atoms with Crippen LogP contribution in [0.15, 0.2) is 0 Å². The molecule has 0 aromatic carbocycles. The quantitative estimate of drug-likeness (QED) is 0.791.